The summed E-state index contributed by atoms with van der Waals surface area (Å²) in [6.45, 7) is 0. The molecule has 0 saturated heterocycles. The van der Waals surface area contributed by atoms with Crippen molar-refractivity contribution in [2.75, 3.05) is 12.9 Å². The summed E-state index contributed by atoms with van der Waals surface area (Å²) in [6.07, 6.45) is 0.368. The quantitative estimate of drug-likeness (QED) is 0.467. The number of carbonyl (C=O) groups excluding carboxylic acids is 2. The van der Waals surface area contributed by atoms with E-state index >= 15 is 0 Å². The third-order valence-corrected chi connectivity index (χ3v) is 4.97. The minimum Gasteiger partial charge on any atom is -0.467 e. The number of nitrogens with one attached hydrogen (secondary N) is 2. The number of fused-ring (bicyclic) bond motifs is 1. The van der Waals surface area contributed by atoms with Crippen molar-refractivity contribution in [2.45, 2.75) is 17.6 Å². The Kier molecular flexibility index (Phi) is 6.36. The van der Waals surface area contributed by atoms with E-state index in [9.17, 15) is 9.59 Å². The Bertz CT molecular complexity index is 946. The maximum atomic E-state index is 12.3. The molecule has 0 aliphatic carbocycles. The minimum atomic E-state index is -0.736. The maximum absolute atomic E-state index is 12.3. The summed E-state index contributed by atoms with van der Waals surface area (Å²) >= 11 is 7.21. The summed E-state index contributed by atoms with van der Waals surface area (Å²) in [4.78, 5) is 31.8. The number of halogens is 1. The normalized spacial score (nSPS) is 11.9. The predicted molar refractivity (Wildman–Crippen MR) is 106 cm³/mol. The molecule has 0 aliphatic rings. The zero-order chi connectivity index (χ0) is 19.2. The van der Waals surface area contributed by atoms with Crippen LogP contribution in [-0.2, 0) is 20.7 Å². The van der Waals surface area contributed by atoms with Crippen molar-refractivity contribution in [3.05, 3.63) is 59.1 Å². The number of benzene rings is 2. The van der Waals surface area contributed by atoms with E-state index in [-0.39, 0.29) is 11.7 Å². The molecule has 1 atom stereocenters. The van der Waals surface area contributed by atoms with Crippen LogP contribution in [-0.4, -0.2) is 40.7 Å². The van der Waals surface area contributed by atoms with Gasteiger partial charge in [-0.2, -0.15) is 0 Å². The lowest BCUT2D eigenvalue weighted by molar-refractivity contribution is -0.144. The lowest BCUT2D eigenvalue weighted by Gasteiger charge is -2.16. The van der Waals surface area contributed by atoms with E-state index in [0.29, 0.717) is 16.6 Å². The van der Waals surface area contributed by atoms with Gasteiger partial charge >= 0.3 is 5.97 Å². The predicted octanol–water partition coefficient (Wildman–Crippen LogP) is 3.21. The van der Waals surface area contributed by atoms with Gasteiger partial charge in [0.2, 0.25) is 5.91 Å². The highest BCUT2D eigenvalue weighted by atomic mass is 35.5. The number of rotatable bonds is 7. The molecule has 3 rings (SSSR count). The van der Waals surface area contributed by atoms with Crippen LogP contribution in [0.15, 0.2) is 53.7 Å². The highest BCUT2D eigenvalue weighted by Gasteiger charge is 2.22. The zero-order valence-corrected chi connectivity index (χ0v) is 16.1. The first-order valence-electron chi connectivity index (χ1n) is 8.24. The number of ether oxygens (including phenoxy) is 1. The molecule has 1 amide bonds. The summed E-state index contributed by atoms with van der Waals surface area (Å²) in [5.74, 6) is -0.629. The number of amides is 1. The van der Waals surface area contributed by atoms with Crippen LogP contribution in [0.2, 0.25) is 5.02 Å². The Morgan fingerprint density at radius 1 is 1.26 bits per heavy atom. The smallest absolute Gasteiger partial charge is 0.328 e. The van der Waals surface area contributed by atoms with Gasteiger partial charge in [-0.25, -0.2) is 9.78 Å². The summed E-state index contributed by atoms with van der Waals surface area (Å²) in [7, 11) is 1.31. The number of hydrogen-bond donors (Lipinski definition) is 2. The van der Waals surface area contributed by atoms with Gasteiger partial charge in [0, 0.05) is 11.4 Å². The van der Waals surface area contributed by atoms with Crippen LogP contribution in [0.3, 0.4) is 0 Å². The molecule has 1 aromatic heterocycles. The van der Waals surface area contributed by atoms with E-state index in [2.05, 4.69) is 15.3 Å². The molecule has 0 radical (unpaired) electrons. The first kappa shape index (κ1) is 19.3. The van der Waals surface area contributed by atoms with E-state index in [0.717, 1.165) is 16.6 Å². The summed E-state index contributed by atoms with van der Waals surface area (Å²) in [5, 5.41) is 3.96. The van der Waals surface area contributed by atoms with Crippen LogP contribution in [0.5, 0.6) is 0 Å². The lowest BCUT2D eigenvalue weighted by atomic mass is 10.1. The van der Waals surface area contributed by atoms with Gasteiger partial charge in [-0.05, 0) is 23.8 Å². The van der Waals surface area contributed by atoms with Crippen LogP contribution in [0, 0.1) is 0 Å². The fraction of sp³-hybridized carbons (Fsp3) is 0.211. The number of hydrogen-bond acceptors (Lipinski definition) is 5. The van der Waals surface area contributed by atoms with Gasteiger partial charge < -0.3 is 15.0 Å². The molecule has 2 aromatic carbocycles. The Morgan fingerprint density at radius 2 is 2.04 bits per heavy atom. The number of esters is 1. The number of imidazole rings is 1. The number of H-pyrrole nitrogens is 1. The second kappa shape index (κ2) is 8.92. The first-order chi connectivity index (χ1) is 13.0. The number of nitrogens with zero attached hydrogens (tertiary/aromatic N) is 1. The van der Waals surface area contributed by atoms with Crippen molar-refractivity contribution in [1.29, 1.82) is 0 Å². The summed E-state index contributed by atoms with van der Waals surface area (Å²) in [5.41, 5.74) is 2.52. The van der Waals surface area contributed by atoms with Crippen LogP contribution in [0.1, 0.15) is 5.56 Å². The number of aromatic nitrogens is 2. The Hall–Kier alpha value is -2.51. The van der Waals surface area contributed by atoms with Crippen molar-refractivity contribution in [1.82, 2.24) is 15.3 Å². The first-order valence-corrected chi connectivity index (χ1v) is 9.60. The number of aromatic amines is 1. The molecule has 0 bridgehead atoms. The average molecular weight is 404 g/mol. The highest BCUT2D eigenvalue weighted by Crippen LogP contribution is 2.22. The second-order valence-corrected chi connectivity index (χ2v) is 7.23. The third kappa shape index (κ3) is 5.24. The van der Waals surface area contributed by atoms with Gasteiger partial charge in [-0.15, -0.1) is 0 Å². The number of carbonyl (C=O) groups is 2. The molecular weight excluding hydrogens is 386 g/mol. The standard InChI is InChI=1S/C19H18ClN3O3S/c1-26-18(25)16(9-12-5-3-2-4-6-12)21-17(24)11-27-19-22-14-8-7-13(20)10-15(14)23-19/h2-8,10,16H,9,11H2,1H3,(H,21,24)(H,22,23)/t16-/m0/s1. The monoisotopic (exact) mass is 403 g/mol. The molecule has 0 spiro atoms. The molecule has 1 heterocycles. The van der Waals surface area contributed by atoms with Gasteiger partial charge in [-0.3, -0.25) is 4.79 Å². The minimum absolute atomic E-state index is 0.121. The maximum Gasteiger partial charge on any atom is 0.328 e. The van der Waals surface area contributed by atoms with Gasteiger partial charge in [0.1, 0.15) is 6.04 Å². The molecule has 27 heavy (non-hydrogen) atoms. The molecule has 0 unspecified atom stereocenters. The Morgan fingerprint density at radius 3 is 2.78 bits per heavy atom. The Labute approximate surface area is 165 Å². The van der Waals surface area contributed by atoms with Crippen LogP contribution in [0.4, 0.5) is 0 Å². The van der Waals surface area contributed by atoms with Crippen molar-refractivity contribution in [3.8, 4) is 0 Å². The SMILES string of the molecule is COC(=O)[C@H](Cc1ccccc1)NC(=O)CSc1nc2ccc(Cl)cc2[nH]1. The summed E-state index contributed by atoms with van der Waals surface area (Å²) < 4.78 is 4.81. The number of methoxy groups -OCH3 is 1. The van der Waals surface area contributed by atoms with Gasteiger partial charge in [0.05, 0.1) is 23.9 Å². The topological polar surface area (TPSA) is 84.1 Å². The van der Waals surface area contributed by atoms with E-state index in [1.807, 2.05) is 36.4 Å². The van der Waals surface area contributed by atoms with Crippen molar-refractivity contribution in [3.63, 3.8) is 0 Å². The van der Waals surface area contributed by atoms with Gasteiger partial charge in [0.15, 0.2) is 5.16 Å². The van der Waals surface area contributed by atoms with Gasteiger partial charge in [0.25, 0.3) is 0 Å². The van der Waals surface area contributed by atoms with Crippen molar-refractivity contribution >= 4 is 46.3 Å². The molecule has 3 aromatic rings. The van der Waals surface area contributed by atoms with E-state index in [1.54, 1.807) is 12.1 Å². The molecule has 6 nitrogen and oxygen atoms in total. The molecule has 8 heteroatoms. The molecular formula is C19H18ClN3O3S. The fourth-order valence-corrected chi connectivity index (χ4v) is 3.45. The molecule has 2 N–H and O–H groups in total. The number of thioether (sulfide) groups is 1. The molecule has 0 aliphatic heterocycles. The Balaban J connectivity index is 1.60. The average Bonchev–Trinajstić information content (AvgIpc) is 3.08. The molecule has 140 valence electrons. The van der Waals surface area contributed by atoms with E-state index in [4.69, 9.17) is 16.3 Å². The van der Waals surface area contributed by atoms with Crippen molar-refractivity contribution < 1.29 is 14.3 Å². The van der Waals surface area contributed by atoms with Crippen LogP contribution >= 0.6 is 23.4 Å². The second-order valence-electron chi connectivity index (χ2n) is 5.83. The van der Waals surface area contributed by atoms with Crippen LogP contribution in [0.25, 0.3) is 11.0 Å². The van der Waals surface area contributed by atoms with E-state index < -0.39 is 12.0 Å². The molecule has 0 saturated carbocycles. The van der Waals surface area contributed by atoms with E-state index in [1.165, 1.54) is 18.9 Å². The largest absolute Gasteiger partial charge is 0.467 e. The van der Waals surface area contributed by atoms with Crippen molar-refractivity contribution in [2.24, 2.45) is 0 Å². The van der Waals surface area contributed by atoms with Gasteiger partial charge in [-0.1, -0.05) is 53.7 Å². The highest BCUT2D eigenvalue weighted by molar-refractivity contribution is 7.99. The molecule has 0 fully saturated rings. The summed E-state index contributed by atoms with van der Waals surface area (Å²) in [6, 6.07) is 14.1. The third-order valence-electron chi connectivity index (χ3n) is 3.87. The zero-order valence-electron chi connectivity index (χ0n) is 14.6. The lowest BCUT2D eigenvalue weighted by Crippen LogP contribution is -2.43. The van der Waals surface area contributed by atoms with Crippen LogP contribution < -0.4 is 5.32 Å². The fourth-order valence-electron chi connectivity index (χ4n) is 2.58.